The van der Waals surface area contributed by atoms with Gasteiger partial charge in [0.05, 0.1) is 17.2 Å². The number of hydrogen-bond acceptors (Lipinski definition) is 3. The van der Waals surface area contributed by atoms with E-state index < -0.39 is 35.6 Å². The Morgan fingerprint density at radius 2 is 1.36 bits per heavy atom. The van der Waals surface area contributed by atoms with Crippen LogP contribution in [0.25, 0.3) is 11.1 Å². The molecule has 36 heavy (non-hydrogen) atoms. The molecule has 186 valence electrons. The molecule has 6 nitrogen and oxygen atoms in total. The van der Waals surface area contributed by atoms with Crippen molar-refractivity contribution >= 4 is 29.2 Å². The van der Waals surface area contributed by atoms with Crippen molar-refractivity contribution in [2.75, 3.05) is 10.6 Å². The number of amides is 2. The molecule has 0 bridgehead atoms. The highest BCUT2D eigenvalue weighted by molar-refractivity contribution is 6.01. The Morgan fingerprint density at radius 1 is 0.778 bits per heavy atom. The van der Waals surface area contributed by atoms with Crippen molar-refractivity contribution < 1.29 is 32.7 Å². The molecule has 1 fully saturated rings. The first-order valence-corrected chi connectivity index (χ1v) is 11.4. The van der Waals surface area contributed by atoms with Gasteiger partial charge in [-0.05, 0) is 48.2 Å². The maximum Gasteiger partial charge on any atom is 0.418 e. The van der Waals surface area contributed by atoms with Gasteiger partial charge in [0.25, 0.3) is 0 Å². The molecule has 1 saturated carbocycles. The van der Waals surface area contributed by atoms with Crippen LogP contribution in [0.5, 0.6) is 0 Å². The van der Waals surface area contributed by atoms with Gasteiger partial charge in [-0.25, -0.2) is 4.79 Å². The van der Waals surface area contributed by atoms with Crippen molar-refractivity contribution in [2.24, 2.45) is 11.8 Å². The first-order chi connectivity index (χ1) is 17.1. The van der Waals surface area contributed by atoms with Crippen LogP contribution in [0.3, 0.4) is 0 Å². The third kappa shape index (κ3) is 5.56. The Morgan fingerprint density at radius 3 is 1.97 bits per heavy atom. The quantitative estimate of drug-likeness (QED) is 0.331. The minimum absolute atomic E-state index is 0.163. The molecule has 0 spiro atoms. The summed E-state index contributed by atoms with van der Waals surface area (Å²) in [6, 6.07) is 17.5. The summed E-state index contributed by atoms with van der Waals surface area (Å²) in [6.45, 7) is 0. The number of rotatable bonds is 6. The van der Waals surface area contributed by atoms with E-state index in [0.717, 1.165) is 23.6 Å². The summed E-state index contributed by atoms with van der Waals surface area (Å²) in [5, 5.41) is 14.1. The lowest BCUT2D eigenvalue weighted by atomic mass is 9.88. The molecule has 4 rings (SSSR count). The minimum atomic E-state index is -4.60. The number of halogens is 3. The van der Waals surface area contributed by atoms with Crippen molar-refractivity contribution in [3.63, 3.8) is 0 Å². The zero-order chi connectivity index (χ0) is 25.9. The predicted molar refractivity (Wildman–Crippen MR) is 129 cm³/mol. The Balaban J connectivity index is 1.40. The van der Waals surface area contributed by atoms with Crippen molar-refractivity contribution in [3.05, 3.63) is 83.9 Å². The molecule has 0 aliphatic heterocycles. The second kappa shape index (κ2) is 10.2. The molecule has 0 saturated heterocycles. The molecule has 0 radical (unpaired) electrons. The number of para-hydroxylation sites is 1. The van der Waals surface area contributed by atoms with Crippen molar-refractivity contribution in [3.8, 4) is 11.1 Å². The SMILES string of the molecule is O=C(Nc1ccc(-c2ccc(C(=O)[C@@H]3CCC[C@H]3C(=O)O)cc2)cc1)Nc1ccccc1C(F)(F)F. The number of benzene rings is 3. The van der Waals surface area contributed by atoms with E-state index in [-0.39, 0.29) is 11.5 Å². The highest BCUT2D eigenvalue weighted by atomic mass is 19.4. The summed E-state index contributed by atoms with van der Waals surface area (Å²) in [6.07, 6.45) is -2.79. The van der Waals surface area contributed by atoms with Crippen LogP contribution in [-0.2, 0) is 11.0 Å². The fourth-order valence-corrected chi connectivity index (χ4v) is 4.48. The van der Waals surface area contributed by atoms with Gasteiger partial charge in [0.1, 0.15) is 0 Å². The summed E-state index contributed by atoms with van der Waals surface area (Å²) in [4.78, 5) is 36.4. The van der Waals surface area contributed by atoms with Crippen LogP contribution in [0.15, 0.2) is 72.8 Å². The number of ketones is 1. The van der Waals surface area contributed by atoms with E-state index in [4.69, 9.17) is 0 Å². The Kier molecular flexibility index (Phi) is 7.10. The summed E-state index contributed by atoms with van der Waals surface area (Å²) in [5.41, 5.74) is 1.17. The number of alkyl halides is 3. The molecular weight excluding hydrogens is 473 g/mol. The summed E-state index contributed by atoms with van der Waals surface area (Å²) < 4.78 is 39.3. The van der Waals surface area contributed by atoms with Crippen molar-refractivity contribution in [2.45, 2.75) is 25.4 Å². The lowest BCUT2D eigenvalue weighted by Gasteiger charge is -2.15. The molecule has 0 aromatic heterocycles. The lowest BCUT2D eigenvalue weighted by molar-refractivity contribution is -0.142. The molecule has 9 heteroatoms. The molecule has 3 aromatic carbocycles. The predicted octanol–water partition coefficient (Wildman–Crippen LogP) is 6.70. The van der Waals surface area contributed by atoms with Crippen LogP contribution in [0.4, 0.5) is 29.3 Å². The highest BCUT2D eigenvalue weighted by Gasteiger charge is 2.38. The standard InChI is InChI=1S/C27H23F3N2O4/c28-27(29,30)22-6-1-2-7-23(22)32-26(36)31-19-14-12-17(13-15-19)16-8-10-18(11-9-16)24(33)20-4-3-5-21(20)25(34)35/h1-2,6-15,20-21H,3-5H2,(H,34,35)(H2,31,32,36)/t20-,21-/m1/s1. The zero-order valence-electron chi connectivity index (χ0n) is 19.0. The number of urea groups is 1. The second-order valence-electron chi connectivity index (χ2n) is 8.62. The third-order valence-electron chi connectivity index (χ3n) is 6.30. The first kappa shape index (κ1) is 25.0. The van der Waals surface area contributed by atoms with Gasteiger partial charge < -0.3 is 15.7 Å². The number of carbonyl (C=O) groups is 3. The minimum Gasteiger partial charge on any atom is -0.481 e. The normalized spacial score (nSPS) is 17.4. The molecule has 3 N–H and O–H groups in total. The Hall–Kier alpha value is -4.14. The maximum absolute atomic E-state index is 13.1. The molecule has 1 aliphatic rings. The number of hydrogen-bond donors (Lipinski definition) is 3. The van der Waals surface area contributed by atoms with Crippen LogP contribution in [0.2, 0.25) is 0 Å². The number of carboxylic acid groups (broad SMARTS) is 1. The third-order valence-corrected chi connectivity index (χ3v) is 6.30. The van der Waals surface area contributed by atoms with Gasteiger partial charge in [-0.3, -0.25) is 9.59 Å². The lowest BCUT2D eigenvalue weighted by Crippen LogP contribution is -2.25. The van der Waals surface area contributed by atoms with E-state index in [1.54, 1.807) is 48.5 Å². The van der Waals surface area contributed by atoms with Gasteiger partial charge in [-0.15, -0.1) is 0 Å². The molecule has 3 aromatic rings. The van der Waals surface area contributed by atoms with Crippen LogP contribution >= 0.6 is 0 Å². The molecule has 2 atom stereocenters. The smallest absolute Gasteiger partial charge is 0.418 e. The number of Topliss-reactive ketones (excluding diaryl/α,β-unsaturated/α-hetero) is 1. The molecule has 1 aliphatic carbocycles. The van der Waals surface area contributed by atoms with E-state index in [0.29, 0.717) is 24.1 Å². The first-order valence-electron chi connectivity index (χ1n) is 11.4. The highest BCUT2D eigenvalue weighted by Crippen LogP contribution is 2.36. The number of aliphatic carboxylic acids is 1. The summed E-state index contributed by atoms with van der Waals surface area (Å²) in [5.74, 6) is -2.25. The Bertz CT molecular complexity index is 1270. The van der Waals surface area contributed by atoms with Gasteiger partial charge in [0.15, 0.2) is 5.78 Å². The maximum atomic E-state index is 13.1. The molecule has 2 amide bonds. The van der Waals surface area contributed by atoms with E-state index in [1.165, 1.54) is 18.2 Å². The van der Waals surface area contributed by atoms with E-state index >= 15 is 0 Å². The number of nitrogens with one attached hydrogen (secondary N) is 2. The van der Waals surface area contributed by atoms with Gasteiger partial charge >= 0.3 is 18.2 Å². The van der Waals surface area contributed by atoms with Crippen molar-refractivity contribution in [1.82, 2.24) is 0 Å². The van der Waals surface area contributed by atoms with Crippen molar-refractivity contribution in [1.29, 1.82) is 0 Å². The second-order valence-corrected chi connectivity index (χ2v) is 8.62. The van der Waals surface area contributed by atoms with Crippen LogP contribution in [-0.4, -0.2) is 22.9 Å². The zero-order valence-corrected chi connectivity index (χ0v) is 19.0. The number of carbonyl (C=O) groups excluding carboxylic acids is 2. The van der Waals surface area contributed by atoms with Gasteiger partial charge in [-0.2, -0.15) is 13.2 Å². The van der Waals surface area contributed by atoms with E-state index in [9.17, 15) is 32.7 Å². The molecule has 0 heterocycles. The van der Waals surface area contributed by atoms with Gasteiger partial charge in [-0.1, -0.05) is 55.0 Å². The van der Waals surface area contributed by atoms with Crippen LogP contribution in [0, 0.1) is 11.8 Å². The van der Waals surface area contributed by atoms with Gasteiger partial charge in [0.2, 0.25) is 0 Å². The largest absolute Gasteiger partial charge is 0.481 e. The molecule has 0 unspecified atom stereocenters. The summed E-state index contributed by atoms with van der Waals surface area (Å²) in [7, 11) is 0. The average molecular weight is 496 g/mol. The summed E-state index contributed by atoms with van der Waals surface area (Å²) >= 11 is 0. The van der Waals surface area contributed by atoms with Crippen LogP contribution in [0.1, 0.15) is 35.2 Å². The monoisotopic (exact) mass is 496 g/mol. The van der Waals surface area contributed by atoms with E-state index in [1.807, 2.05) is 0 Å². The fourth-order valence-electron chi connectivity index (χ4n) is 4.48. The fraction of sp³-hybridized carbons (Fsp3) is 0.222. The topological polar surface area (TPSA) is 95.5 Å². The number of carboxylic acids is 1. The van der Waals surface area contributed by atoms with Crippen LogP contribution < -0.4 is 10.6 Å². The average Bonchev–Trinajstić information content (AvgIpc) is 3.34. The number of anilines is 2. The van der Waals surface area contributed by atoms with E-state index in [2.05, 4.69) is 10.6 Å². The molecular formula is C27H23F3N2O4. The Labute approximate surface area is 205 Å². The van der Waals surface area contributed by atoms with Gasteiger partial charge in [0, 0.05) is 17.2 Å².